The Bertz CT molecular complexity index is 1130. The number of nitrogens with zero attached hydrogens (tertiary/aromatic N) is 4. The Morgan fingerprint density at radius 3 is 2.69 bits per heavy atom. The molecular weight excluding hydrogens is 398 g/mol. The van der Waals surface area contributed by atoms with Crippen LogP contribution in [-0.4, -0.2) is 33.8 Å². The Kier molecular flexibility index (Phi) is 5.48. The van der Waals surface area contributed by atoms with Gasteiger partial charge >= 0.3 is 0 Å². The van der Waals surface area contributed by atoms with E-state index in [9.17, 15) is 13.6 Å². The molecule has 0 aliphatic heterocycles. The standard InChI is InChI=1S/C20H16F2N4O2S/c21-14-5-1-2-7-16(14)28-13-18(27)26(12-11-25-10-4-9-23-25)20-24-19-15(22)6-3-8-17(19)29-20/h1-10H,11-13H2. The van der Waals surface area contributed by atoms with Gasteiger partial charge in [-0.2, -0.15) is 5.10 Å². The third-order valence-electron chi connectivity index (χ3n) is 4.19. The van der Waals surface area contributed by atoms with E-state index >= 15 is 0 Å². The summed E-state index contributed by atoms with van der Waals surface area (Å²) in [6, 6.07) is 12.3. The first-order chi connectivity index (χ1) is 14.1. The molecule has 0 atom stereocenters. The molecular formula is C20H16F2N4O2S. The summed E-state index contributed by atoms with van der Waals surface area (Å²) in [5.41, 5.74) is 0.208. The van der Waals surface area contributed by atoms with Crippen LogP contribution in [0.15, 0.2) is 60.9 Å². The van der Waals surface area contributed by atoms with Gasteiger partial charge in [-0.1, -0.05) is 29.5 Å². The Balaban J connectivity index is 1.57. The number of amides is 1. The van der Waals surface area contributed by atoms with E-state index in [-0.39, 0.29) is 24.4 Å². The van der Waals surface area contributed by atoms with Crippen molar-refractivity contribution in [1.82, 2.24) is 14.8 Å². The molecule has 2 heterocycles. The first-order valence-corrected chi connectivity index (χ1v) is 9.63. The summed E-state index contributed by atoms with van der Waals surface area (Å²) in [7, 11) is 0. The van der Waals surface area contributed by atoms with Crippen molar-refractivity contribution in [2.75, 3.05) is 18.1 Å². The van der Waals surface area contributed by atoms with Crippen molar-refractivity contribution < 1.29 is 18.3 Å². The molecule has 9 heteroatoms. The van der Waals surface area contributed by atoms with Gasteiger partial charge in [0.2, 0.25) is 0 Å². The molecule has 6 nitrogen and oxygen atoms in total. The second-order valence-corrected chi connectivity index (χ2v) is 7.13. The molecule has 0 aliphatic carbocycles. The number of benzene rings is 2. The minimum Gasteiger partial charge on any atom is -0.481 e. The fourth-order valence-corrected chi connectivity index (χ4v) is 3.78. The summed E-state index contributed by atoms with van der Waals surface area (Å²) in [6.45, 7) is 0.290. The van der Waals surface area contributed by atoms with Gasteiger partial charge in [-0.05, 0) is 30.3 Å². The average molecular weight is 414 g/mol. The van der Waals surface area contributed by atoms with Gasteiger partial charge in [0.1, 0.15) is 11.3 Å². The molecule has 0 saturated heterocycles. The number of carbonyl (C=O) groups excluding carboxylic acids is 1. The highest BCUT2D eigenvalue weighted by atomic mass is 32.1. The number of hydrogen-bond acceptors (Lipinski definition) is 5. The molecule has 29 heavy (non-hydrogen) atoms. The molecule has 0 saturated carbocycles. The first-order valence-electron chi connectivity index (χ1n) is 8.82. The van der Waals surface area contributed by atoms with Crippen LogP contribution in [-0.2, 0) is 11.3 Å². The van der Waals surface area contributed by atoms with Gasteiger partial charge in [0.05, 0.1) is 11.2 Å². The summed E-state index contributed by atoms with van der Waals surface area (Å²) >= 11 is 1.20. The molecule has 0 spiro atoms. The van der Waals surface area contributed by atoms with Gasteiger partial charge in [-0.15, -0.1) is 0 Å². The van der Waals surface area contributed by atoms with E-state index in [4.69, 9.17) is 4.74 Å². The predicted molar refractivity (Wildman–Crippen MR) is 106 cm³/mol. The van der Waals surface area contributed by atoms with Gasteiger partial charge in [0, 0.05) is 18.9 Å². The van der Waals surface area contributed by atoms with Crippen LogP contribution >= 0.6 is 11.3 Å². The zero-order valence-corrected chi connectivity index (χ0v) is 16.0. The van der Waals surface area contributed by atoms with Crippen LogP contribution in [0.4, 0.5) is 13.9 Å². The summed E-state index contributed by atoms with van der Waals surface area (Å²) in [5.74, 6) is -1.43. The number of ether oxygens (including phenoxy) is 1. The molecule has 0 bridgehead atoms. The van der Waals surface area contributed by atoms with Crippen molar-refractivity contribution in [2.45, 2.75) is 6.54 Å². The largest absolute Gasteiger partial charge is 0.481 e. The quantitative estimate of drug-likeness (QED) is 0.461. The molecule has 0 fully saturated rings. The molecule has 0 radical (unpaired) electrons. The lowest BCUT2D eigenvalue weighted by Crippen LogP contribution is -2.37. The van der Waals surface area contributed by atoms with Crippen LogP contribution in [0.2, 0.25) is 0 Å². The zero-order chi connectivity index (χ0) is 20.2. The van der Waals surface area contributed by atoms with Crippen LogP contribution in [0.3, 0.4) is 0 Å². The zero-order valence-electron chi connectivity index (χ0n) is 15.2. The Morgan fingerprint density at radius 2 is 1.93 bits per heavy atom. The van der Waals surface area contributed by atoms with E-state index in [1.165, 1.54) is 40.5 Å². The minimum atomic E-state index is -0.551. The van der Waals surface area contributed by atoms with Crippen molar-refractivity contribution in [1.29, 1.82) is 0 Å². The molecule has 2 aromatic carbocycles. The van der Waals surface area contributed by atoms with Crippen molar-refractivity contribution in [3.63, 3.8) is 0 Å². The number of anilines is 1. The third-order valence-corrected chi connectivity index (χ3v) is 5.23. The van der Waals surface area contributed by atoms with Gasteiger partial charge in [-0.3, -0.25) is 14.4 Å². The highest BCUT2D eigenvalue weighted by molar-refractivity contribution is 7.22. The van der Waals surface area contributed by atoms with Crippen LogP contribution < -0.4 is 9.64 Å². The maximum absolute atomic E-state index is 14.0. The lowest BCUT2D eigenvalue weighted by molar-refractivity contribution is -0.120. The maximum Gasteiger partial charge on any atom is 0.266 e. The number of halogens is 2. The first kappa shape index (κ1) is 19.0. The second-order valence-electron chi connectivity index (χ2n) is 6.12. The smallest absolute Gasteiger partial charge is 0.266 e. The molecule has 0 aliphatic rings. The average Bonchev–Trinajstić information content (AvgIpc) is 3.38. The van der Waals surface area contributed by atoms with Gasteiger partial charge in [0.15, 0.2) is 23.3 Å². The summed E-state index contributed by atoms with van der Waals surface area (Å²) in [6.07, 6.45) is 3.41. The minimum absolute atomic E-state index is 0.0109. The second kappa shape index (κ2) is 8.36. The fourth-order valence-electron chi connectivity index (χ4n) is 2.76. The topological polar surface area (TPSA) is 60.2 Å². The number of fused-ring (bicyclic) bond motifs is 1. The Morgan fingerprint density at radius 1 is 1.10 bits per heavy atom. The number of rotatable bonds is 7. The van der Waals surface area contributed by atoms with Crippen molar-refractivity contribution >= 4 is 32.6 Å². The van der Waals surface area contributed by atoms with E-state index < -0.39 is 17.5 Å². The molecule has 0 unspecified atom stereocenters. The van der Waals surface area contributed by atoms with Gasteiger partial charge < -0.3 is 4.74 Å². The normalized spacial score (nSPS) is 11.0. The Labute approximate surface area is 169 Å². The Hall–Kier alpha value is -3.33. The van der Waals surface area contributed by atoms with Crippen LogP contribution in [0.5, 0.6) is 5.75 Å². The van der Waals surface area contributed by atoms with Crippen LogP contribution in [0.1, 0.15) is 0 Å². The highest BCUT2D eigenvalue weighted by Gasteiger charge is 2.22. The lowest BCUT2D eigenvalue weighted by atomic mass is 10.3. The number of carbonyl (C=O) groups is 1. The fraction of sp³-hybridized carbons (Fsp3) is 0.150. The number of hydrogen-bond donors (Lipinski definition) is 0. The number of thiazole rings is 1. The monoisotopic (exact) mass is 414 g/mol. The van der Waals surface area contributed by atoms with Crippen molar-refractivity contribution in [3.8, 4) is 5.75 Å². The highest BCUT2D eigenvalue weighted by Crippen LogP contribution is 2.30. The van der Waals surface area contributed by atoms with E-state index in [0.717, 1.165) is 0 Å². The van der Waals surface area contributed by atoms with Gasteiger partial charge in [-0.25, -0.2) is 13.8 Å². The SMILES string of the molecule is O=C(COc1ccccc1F)N(CCn1cccn1)c1nc2c(F)cccc2s1. The molecule has 2 aromatic heterocycles. The summed E-state index contributed by atoms with van der Waals surface area (Å²) in [5, 5.41) is 4.47. The molecule has 0 N–H and O–H groups in total. The molecule has 4 aromatic rings. The maximum atomic E-state index is 14.0. The van der Waals surface area contributed by atoms with E-state index in [0.29, 0.717) is 16.4 Å². The number of para-hydroxylation sites is 2. The number of aromatic nitrogens is 3. The molecule has 4 rings (SSSR count). The summed E-state index contributed by atoms with van der Waals surface area (Å²) < 4.78 is 35.5. The molecule has 1 amide bonds. The third kappa shape index (κ3) is 4.24. The predicted octanol–water partition coefficient (Wildman–Crippen LogP) is 3.88. The van der Waals surface area contributed by atoms with Crippen molar-refractivity contribution in [2.24, 2.45) is 0 Å². The van der Waals surface area contributed by atoms with E-state index in [2.05, 4.69) is 10.1 Å². The van der Waals surface area contributed by atoms with Crippen LogP contribution in [0.25, 0.3) is 10.2 Å². The van der Waals surface area contributed by atoms with E-state index in [1.54, 1.807) is 41.3 Å². The lowest BCUT2D eigenvalue weighted by Gasteiger charge is -2.20. The van der Waals surface area contributed by atoms with Gasteiger partial charge in [0.25, 0.3) is 5.91 Å². The van der Waals surface area contributed by atoms with Crippen molar-refractivity contribution in [3.05, 3.63) is 72.6 Å². The van der Waals surface area contributed by atoms with E-state index in [1.807, 2.05) is 0 Å². The van der Waals surface area contributed by atoms with Crippen LogP contribution in [0, 0.1) is 11.6 Å². The summed E-state index contributed by atoms with van der Waals surface area (Å²) in [4.78, 5) is 18.6. The molecule has 148 valence electrons.